The van der Waals surface area contributed by atoms with Crippen molar-refractivity contribution in [1.29, 1.82) is 0 Å². The van der Waals surface area contributed by atoms with E-state index in [-0.39, 0.29) is 0 Å². The van der Waals surface area contributed by atoms with Crippen molar-refractivity contribution in [3.63, 3.8) is 0 Å². The summed E-state index contributed by atoms with van der Waals surface area (Å²) in [6, 6.07) is 0. The van der Waals surface area contributed by atoms with Crippen molar-refractivity contribution in [2.75, 3.05) is 0 Å². The Hall–Kier alpha value is 0.499. The van der Waals surface area contributed by atoms with Crippen LogP contribution in [0.25, 0.3) is 0 Å². The van der Waals surface area contributed by atoms with Crippen molar-refractivity contribution in [3.05, 3.63) is 10.2 Å². The molecule has 11 heavy (non-hydrogen) atoms. The third-order valence-corrected chi connectivity index (χ3v) is 8.27. The van der Waals surface area contributed by atoms with E-state index < -0.39 is 24.0 Å². The molecule has 0 saturated heterocycles. The van der Waals surface area contributed by atoms with E-state index in [1.54, 1.807) is 0 Å². The maximum absolute atomic E-state index is 9.52. The average molecular weight is 263 g/mol. The predicted octanol–water partition coefficient (Wildman–Crippen LogP) is 2.58. The molecule has 0 unspecified atom stereocenters. The Morgan fingerprint density at radius 3 is 1.82 bits per heavy atom. The molecule has 0 aliphatic heterocycles. The van der Waals surface area contributed by atoms with Gasteiger partial charge in [0.1, 0.15) is 0 Å². The van der Waals surface area contributed by atoms with E-state index in [0.29, 0.717) is 0 Å². The number of hydrogen-bond acceptors (Lipinski definition) is 1. The Balaban J connectivity index is 4.11. The summed E-state index contributed by atoms with van der Waals surface area (Å²) < 4.78 is 1.31. The first kappa shape index (κ1) is 11.5. The molecular weight excluding hydrogens is 243 g/mol. The summed E-state index contributed by atoms with van der Waals surface area (Å²) in [4.78, 5) is 6.97. The molecule has 0 fully saturated rings. The first-order valence-corrected chi connectivity index (χ1v) is 14.0. The van der Waals surface area contributed by atoms with Crippen LogP contribution < -0.4 is 0 Å². The zero-order chi connectivity index (χ0) is 9.28. The van der Waals surface area contributed by atoms with Crippen LogP contribution in [0.5, 0.6) is 0 Å². The molecule has 0 heterocycles. The number of hydrogen-bond donors (Lipinski definition) is 1. The molecule has 0 radical (unpaired) electrons. The van der Waals surface area contributed by atoms with Gasteiger partial charge in [0.15, 0.2) is 0 Å². The second-order valence-corrected chi connectivity index (χ2v) is 19.7. The first-order valence-electron chi connectivity index (χ1n) is 4.03. The van der Waals surface area contributed by atoms with E-state index in [4.69, 9.17) is 0 Å². The molecule has 0 amide bonds. The van der Waals surface area contributed by atoms with E-state index in [1.165, 1.54) is 3.59 Å². The summed E-state index contributed by atoms with van der Waals surface area (Å²) in [6.07, 6.45) is 0.770. The molecule has 0 bridgehead atoms. The van der Waals surface area contributed by atoms with Crippen LogP contribution in [-0.2, 0) is 0 Å². The van der Waals surface area contributed by atoms with Crippen LogP contribution in [0.1, 0.15) is 20.3 Å². The Kier molecular flexibility index (Phi) is 3.64. The minimum atomic E-state index is -1.91. The van der Waals surface area contributed by atoms with Gasteiger partial charge in [-0.25, -0.2) is 0 Å². The third-order valence-electron chi connectivity index (χ3n) is 1.71. The first-order chi connectivity index (χ1) is 4.63. The van der Waals surface area contributed by atoms with Gasteiger partial charge in [0, 0.05) is 0 Å². The summed E-state index contributed by atoms with van der Waals surface area (Å²) in [5, 5.41) is 9.52. The standard InChI is InChI=1S/C6H11O.3CH3.Sn/c1-4-5-6(2,3)7;;;;/h7H,1,5H2,2-3H3;3*1H3;. The molecule has 1 nitrogen and oxygen atoms in total. The van der Waals surface area contributed by atoms with Crippen molar-refractivity contribution >= 4 is 18.4 Å². The van der Waals surface area contributed by atoms with Crippen LogP contribution in [0.2, 0.25) is 14.8 Å². The second-order valence-electron chi connectivity index (χ2n) is 4.84. The fourth-order valence-electron chi connectivity index (χ4n) is 0.787. The molecule has 0 saturated carbocycles. The molecule has 0 spiro atoms. The van der Waals surface area contributed by atoms with Gasteiger partial charge < -0.3 is 0 Å². The molecule has 0 rings (SSSR count). The summed E-state index contributed by atoms with van der Waals surface area (Å²) >= 11 is -1.91. The van der Waals surface area contributed by atoms with E-state index in [9.17, 15) is 5.11 Å². The van der Waals surface area contributed by atoms with Crippen LogP contribution in [0.3, 0.4) is 0 Å². The van der Waals surface area contributed by atoms with Gasteiger partial charge in [-0.05, 0) is 0 Å². The Labute approximate surface area is 74.4 Å². The summed E-state index contributed by atoms with van der Waals surface area (Å²) in [5.41, 5.74) is -0.568. The van der Waals surface area contributed by atoms with Crippen LogP contribution >= 0.6 is 0 Å². The molecule has 0 aromatic heterocycles. The van der Waals surface area contributed by atoms with Crippen molar-refractivity contribution in [2.45, 2.75) is 40.7 Å². The van der Waals surface area contributed by atoms with Crippen molar-refractivity contribution in [2.24, 2.45) is 0 Å². The SMILES string of the molecule is C=[C](CC(C)(C)O)[Sn]([CH3])([CH3])[CH3]. The van der Waals surface area contributed by atoms with Gasteiger partial charge in [-0.3, -0.25) is 0 Å². The maximum atomic E-state index is 9.52. The number of aliphatic hydroxyl groups is 1. The van der Waals surface area contributed by atoms with Crippen LogP contribution in [0.4, 0.5) is 0 Å². The predicted molar refractivity (Wildman–Crippen MR) is 53.4 cm³/mol. The van der Waals surface area contributed by atoms with Crippen molar-refractivity contribution in [1.82, 2.24) is 0 Å². The zero-order valence-electron chi connectivity index (χ0n) is 8.36. The van der Waals surface area contributed by atoms with Gasteiger partial charge in [0.25, 0.3) is 0 Å². The molecule has 1 N–H and O–H groups in total. The van der Waals surface area contributed by atoms with E-state index >= 15 is 0 Å². The molecule has 0 aliphatic carbocycles. The average Bonchev–Trinajstić information content (AvgIpc) is 1.56. The van der Waals surface area contributed by atoms with Gasteiger partial charge in [0.05, 0.1) is 0 Å². The van der Waals surface area contributed by atoms with E-state index in [1.807, 2.05) is 13.8 Å². The van der Waals surface area contributed by atoms with Gasteiger partial charge in [-0.15, -0.1) is 0 Å². The van der Waals surface area contributed by atoms with E-state index in [2.05, 4.69) is 21.4 Å². The van der Waals surface area contributed by atoms with Gasteiger partial charge in [-0.2, -0.15) is 0 Å². The summed E-state index contributed by atoms with van der Waals surface area (Å²) in [5.74, 6) is 0. The Bertz CT molecular complexity index is 148. The molecule has 0 aliphatic rings. The zero-order valence-corrected chi connectivity index (χ0v) is 11.2. The summed E-state index contributed by atoms with van der Waals surface area (Å²) in [6.45, 7) is 7.73. The third kappa shape index (κ3) is 5.74. The fourth-order valence-corrected chi connectivity index (χ4v) is 3.54. The molecule has 0 aromatic rings. The molecule has 0 atom stereocenters. The number of rotatable bonds is 3. The van der Waals surface area contributed by atoms with Crippen molar-refractivity contribution < 1.29 is 5.11 Å². The van der Waals surface area contributed by atoms with E-state index in [0.717, 1.165) is 6.42 Å². The summed E-state index contributed by atoms with van der Waals surface area (Å²) in [7, 11) is 0. The van der Waals surface area contributed by atoms with Crippen LogP contribution in [-0.4, -0.2) is 29.1 Å². The molecular formula is C9H20OSn. The topological polar surface area (TPSA) is 20.2 Å². The Morgan fingerprint density at radius 1 is 1.36 bits per heavy atom. The monoisotopic (exact) mass is 264 g/mol. The quantitative estimate of drug-likeness (QED) is 0.776. The normalized spacial score (nSPS) is 13.3. The minimum absolute atomic E-state index is 0.568. The molecule has 66 valence electrons. The fraction of sp³-hybridized carbons (Fsp3) is 0.778. The molecule has 0 aromatic carbocycles. The molecule has 2 heteroatoms. The van der Waals surface area contributed by atoms with Gasteiger partial charge in [0.2, 0.25) is 0 Å². The second kappa shape index (κ2) is 3.48. The van der Waals surface area contributed by atoms with Crippen LogP contribution in [0.15, 0.2) is 10.2 Å². The van der Waals surface area contributed by atoms with Crippen LogP contribution in [0, 0.1) is 0 Å². The Morgan fingerprint density at radius 2 is 1.73 bits per heavy atom. The van der Waals surface area contributed by atoms with Gasteiger partial charge >= 0.3 is 74.3 Å². The van der Waals surface area contributed by atoms with Gasteiger partial charge in [-0.1, -0.05) is 0 Å². The van der Waals surface area contributed by atoms with Crippen molar-refractivity contribution in [3.8, 4) is 0 Å².